The minimum Gasteiger partial charge on any atom is -0.376 e. The topological polar surface area (TPSA) is 41.1 Å². The second-order valence-corrected chi connectivity index (χ2v) is 3.97. The minimum atomic E-state index is -0.0390. The number of carbonyl (C=O) groups is 1. The van der Waals surface area contributed by atoms with E-state index in [1.807, 2.05) is 30.3 Å². The van der Waals surface area contributed by atoms with Gasteiger partial charge in [0.25, 0.3) is 0 Å². The molecule has 0 spiro atoms. The lowest BCUT2D eigenvalue weighted by Gasteiger charge is -2.09. The van der Waals surface area contributed by atoms with Crippen molar-refractivity contribution >= 4 is 22.4 Å². The van der Waals surface area contributed by atoms with Gasteiger partial charge in [0.05, 0.1) is 6.54 Å². The molecule has 1 amide bonds. The average molecular weight is 240 g/mol. The summed E-state index contributed by atoms with van der Waals surface area (Å²) < 4.78 is 0. The lowest BCUT2D eigenvalue weighted by atomic mass is 10.1. The first-order valence-corrected chi connectivity index (χ1v) is 5.90. The summed E-state index contributed by atoms with van der Waals surface area (Å²) in [6.45, 7) is 4.32. The molecule has 0 aliphatic rings. The minimum absolute atomic E-state index is 0.0390. The van der Waals surface area contributed by atoms with E-state index in [0.717, 1.165) is 16.5 Å². The van der Waals surface area contributed by atoms with Gasteiger partial charge in [0, 0.05) is 17.6 Å². The van der Waals surface area contributed by atoms with Crippen LogP contribution in [0.3, 0.4) is 0 Å². The summed E-state index contributed by atoms with van der Waals surface area (Å²) >= 11 is 0. The van der Waals surface area contributed by atoms with E-state index in [1.54, 1.807) is 6.08 Å². The van der Waals surface area contributed by atoms with Crippen molar-refractivity contribution in [2.75, 3.05) is 18.4 Å². The van der Waals surface area contributed by atoms with Gasteiger partial charge in [-0.25, -0.2) is 0 Å². The molecule has 0 saturated carbocycles. The van der Waals surface area contributed by atoms with Crippen molar-refractivity contribution in [3.05, 3.63) is 55.1 Å². The van der Waals surface area contributed by atoms with Gasteiger partial charge >= 0.3 is 0 Å². The molecule has 0 bridgehead atoms. The molecule has 92 valence electrons. The summed E-state index contributed by atoms with van der Waals surface area (Å²) in [7, 11) is 0. The Morgan fingerprint density at radius 2 is 1.94 bits per heavy atom. The van der Waals surface area contributed by atoms with Gasteiger partial charge in [-0.1, -0.05) is 42.5 Å². The lowest BCUT2D eigenvalue weighted by Crippen LogP contribution is -2.29. The van der Waals surface area contributed by atoms with E-state index < -0.39 is 0 Å². The smallest absolute Gasteiger partial charge is 0.239 e. The summed E-state index contributed by atoms with van der Waals surface area (Å²) in [5.74, 6) is -0.0390. The maximum absolute atomic E-state index is 11.5. The number of benzene rings is 2. The van der Waals surface area contributed by atoms with Crippen LogP contribution in [0.4, 0.5) is 5.69 Å². The molecular weight excluding hydrogens is 224 g/mol. The molecule has 0 atom stereocenters. The Kier molecular flexibility index (Phi) is 3.97. The Hall–Kier alpha value is -2.29. The van der Waals surface area contributed by atoms with Gasteiger partial charge in [-0.05, 0) is 11.5 Å². The van der Waals surface area contributed by atoms with Crippen LogP contribution in [0.25, 0.3) is 10.8 Å². The van der Waals surface area contributed by atoms with E-state index >= 15 is 0 Å². The highest BCUT2D eigenvalue weighted by Crippen LogP contribution is 2.22. The van der Waals surface area contributed by atoms with Crippen molar-refractivity contribution in [2.45, 2.75) is 0 Å². The van der Waals surface area contributed by atoms with Crippen molar-refractivity contribution in [3.63, 3.8) is 0 Å². The number of carbonyl (C=O) groups excluding carboxylic acids is 1. The first kappa shape index (κ1) is 12.2. The van der Waals surface area contributed by atoms with Crippen molar-refractivity contribution in [2.24, 2.45) is 0 Å². The second-order valence-electron chi connectivity index (χ2n) is 3.97. The van der Waals surface area contributed by atoms with E-state index in [1.165, 1.54) is 0 Å². The van der Waals surface area contributed by atoms with Crippen molar-refractivity contribution < 1.29 is 4.79 Å². The molecule has 0 saturated heterocycles. The molecular formula is C15H16N2O. The van der Waals surface area contributed by atoms with Crippen LogP contribution in [0.1, 0.15) is 0 Å². The second kappa shape index (κ2) is 5.87. The third kappa shape index (κ3) is 2.88. The number of fused-ring (bicyclic) bond motifs is 1. The van der Waals surface area contributed by atoms with Crippen LogP contribution in [0.5, 0.6) is 0 Å². The Labute approximate surface area is 107 Å². The van der Waals surface area contributed by atoms with Crippen molar-refractivity contribution in [1.29, 1.82) is 0 Å². The molecule has 0 radical (unpaired) electrons. The molecule has 2 aromatic rings. The van der Waals surface area contributed by atoms with E-state index in [4.69, 9.17) is 0 Å². The number of rotatable bonds is 5. The van der Waals surface area contributed by atoms with Crippen LogP contribution in [-0.4, -0.2) is 19.0 Å². The number of nitrogens with one attached hydrogen (secondary N) is 2. The van der Waals surface area contributed by atoms with Gasteiger partial charge < -0.3 is 10.6 Å². The normalized spacial score (nSPS) is 10.0. The molecule has 0 unspecified atom stereocenters. The number of amides is 1. The monoisotopic (exact) mass is 240 g/mol. The van der Waals surface area contributed by atoms with Crippen LogP contribution < -0.4 is 10.6 Å². The first-order chi connectivity index (χ1) is 8.81. The molecule has 2 N–H and O–H groups in total. The molecule has 2 aromatic carbocycles. The van der Waals surface area contributed by atoms with Crippen molar-refractivity contribution in [3.8, 4) is 0 Å². The first-order valence-electron chi connectivity index (χ1n) is 5.90. The maximum Gasteiger partial charge on any atom is 0.239 e. The van der Waals surface area contributed by atoms with Gasteiger partial charge in [-0.3, -0.25) is 4.79 Å². The molecule has 3 heteroatoms. The van der Waals surface area contributed by atoms with E-state index in [2.05, 4.69) is 29.3 Å². The summed E-state index contributed by atoms with van der Waals surface area (Å²) in [6.07, 6.45) is 1.66. The highest BCUT2D eigenvalue weighted by atomic mass is 16.1. The zero-order valence-electron chi connectivity index (χ0n) is 10.1. The van der Waals surface area contributed by atoms with E-state index in [-0.39, 0.29) is 12.5 Å². The summed E-state index contributed by atoms with van der Waals surface area (Å²) in [5, 5.41) is 8.16. The van der Waals surface area contributed by atoms with Gasteiger partial charge in [-0.2, -0.15) is 0 Å². The molecule has 0 aromatic heterocycles. The SMILES string of the molecule is C=CCNC(=O)CNc1cccc2ccccc12. The summed E-state index contributed by atoms with van der Waals surface area (Å²) in [6, 6.07) is 14.1. The molecule has 2 rings (SSSR count). The summed E-state index contributed by atoms with van der Waals surface area (Å²) in [4.78, 5) is 11.5. The quantitative estimate of drug-likeness (QED) is 0.789. The Morgan fingerprint density at radius 3 is 2.78 bits per heavy atom. The van der Waals surface area contributed by atoms with Crippen LogP contribution in [0.15, 0.2) is 55.1 Å². The zero-order chi connectivity index (χ0) is 12.8. The molecule has 18 heavy (non-hydrogen) atoms. The van der Waals surface area contributed by atoms with Crippen LogP contribution in [-0.2, 0) is 4.79 Å². The summed E-state index contributed by atoms with van der Waals surface area (Å²) in [5.41, 5.74) is 0.974. The average Bonchev–Trinajstić information content (AvgIpc) is 2.42. The molecule has 0 aliphatic heterocycles. The fraction of sp³-hybridized carbons (Fsp3) is 0.133. The van der Waals surface area contributed by atoms with E-state index in [0.29, 0.717) is 6.54 Å². The van der Waals surface area contributed by atoms with Gasteiger partial charge in [0.15, 0.2) is 0 Å². The van der Waals surface area contributed by atoms with Gasteiger partial charge in [-0.15, -0.1) is 6.58 Å². The Bertz CT molecular complexity index is 558. The van der Waals surface area contributed by atoms with Crippen LogP contribution >= 0.6 is 0 Å². The fourth-order valence-electron chi connectivity index (χ4n) is 1.80. The number of hydrogen-bond donors (Lipinski definition) is 2. The zero-order valence-corrected chi connectivity index (χ0v) is 10.1. The third-order valence-electron chi connectivity index (χ3n) is 2.67. The number of anilines is 1. The maximum atomic E-state index is 11.5. The van der Waals surface area contributed by atoms with Crippen LogP contribution in [0, 0.1) is 0 Å². The van der Waals surface area contributed by atoms with Crippen LogP contribution in [0.2, 0.25) is 0 Å². The predicted octanol–water partition coefficient (Wildman–Crippen LogP) is 2.55. The highest BCUT2D eigenvalue weighted by Gasteiger charge is 2.02. The molecule has 0 heterocycles. The fourth-order valence-corrected chi connectivity index (χ4v) is 1.80. The largest absolute Gasteiger partial charge is 0.376 e. The molecule has 0 aliphatic carbocycles. The third-order valence-corrected chi connectivity index (χ3v) is 2.67. The van der Waals surface area contributed by atoms with Crippen molar-refractivity contribution in [1.82, 2.24) is 5.32 Å². The Morgan fingerprint density at radius 1 is 1.17 bits per heavy atom. The molecule has 0 fully saturated rings. The van der Waals surface area contributed by atoms with Gasteiger partial charge in [0.2, 0.25) is 5.91 Å². The van der Waals surface area contributed by atoms with E-state index in [9.17, 15) is 4.79 Å². The standard InChI is InChI=1S/C15H16N2O/c1-2-10-16-15(18)11-17-14-9-5-7-12-6-3-4-8-13(12)14/h2-9,17H,1,10-11H2,(H,16,18). The lowest BCUT2D eigenvalue weighted by molar-refractivity contribution is -0.119. The predicted molar refractivity (Wildman–Crippen MR) is 75.6 cm³/mol. The number of hydrogen-bond acceptors (Lipinski definition) is 2. The van der Waals surface area contributed by atoms with Gasteiger partial charge in [0.1, 0.15) is 0 Å². The Balaban J connectivity index is 2.08. The highest BCUT2D eigenvalue weighted by molar-refractivity contribution is 5.95. The molecule has 3 nitrogen and oxygen atoms in total.